The first kappa shape index (κ1) is 12.1. The van der Waals surface area contributed by atoms with Crippen LogP contribution in [0.1, 0.15) is 19.6 Å². The van der Waals surface area contributed by atoms with E-state index < -0.39 is 0 Å². The summed E-state index contributed by atoms with van der Waals surface area (Å²) in [6, 6.07) is 6.58. The van der Waals surface area contributed by atoms with Crippen LogP contribution >= 0.6 is 31.9 Å². The molecular weight excluding hydrogens is 334 g/mol. The molecule has 2 rings (SSSR count). The molecule has 1 heterocycles. The maximum Gasteiger partial charge on any atom is 0.148 e. The van der Waals surface area contributed by atoms with Crippen LogP contribution < -0.4 is 5.32 Å². The lowest BCUT2D eigenvalue weighted by atomic mass is 10.2. The molecule has 0 atom stereocenters. The van der Waals surface area contributed by atoms with Gasteiger partial charge in [0.15, 0.2) is 0 Å². The number of hydrogen-bond acceptors (Lipinski definition) is 2. The fraction of sp³-hybridized carbons (Fsp3) is 0.333. The Hall–Kier alpha value is -0.320. The van der Waals surface area contributed by atoms with Crippen LogP contribution in [0, 0.1) is 0 Å². The van der Waals surface area contributed by atoms with Crippen LogP contribution in [0.5, 0.6) is 0 Å². The Balaban J connectivity index is 2.33. The Morgan fingerprint density at radius 1 is 1.25 bits per heavy atom. The van der Waals surface area contributed by atoms with E-state index in [0.29, 0.717) is 6.04 Å². The first-order chi connectivity index (χ1) is 7.56. The Morgan fingerprint density at radius 3 is 2.69 bits per heavy atom. The van der Waals surface area contributed by atoms with Crippen LogP contribution in [0.4, 0.5) is 0 Å². The van der Waals surface area contributed by atoms with Crippen molar-refractivity contribution in [2.75, 3.05) is 0 Å². The summed E-state index contributed by atoms with van der Waals surface area (Å²) < 4.78 is 7.81. The van der Waals surface area contributed by atoms with Gasteiger partial charge in [-0.05, 0) is 34.1 Å². The Morgan fingerprint density at radius 2 is 2.00 bits per heavy atom. The molecule has 0 unspecified atom stereocenters. The normalized spacial score (nSPS) is 11.6. The number of halogens is 2. The molecule has 4 heteroatoms. The quantitative estimate of drug-likeness (QED) is 0.887. The lowest BCUT2D eigenvalue weighted by Crippen LogP contribution is -2.21. The predicted octanol–water partition coefficient (Wildman–Crippen LogP) is 4.46. The van der Waals surface area contributed by atoms with Gasteiger partial charge >= 0.3 is 0 Å². The summed E-state index contributed by atoms with van der Waals surface area (Å²) in [4.78, 5) is 0. The molecular formula is C12H13Br2NO. The van der Waals surface area contributed by atoms with Gasteiger partial charge in [0.2, 0.25) is 0 Å². The van der Waals surface area contributed by atoms with Gasteiger partial charge in [0.1, 0.15) is 11.3 Å². The minimum atomic E-state index is 0.461. The Bertz CT molecular complexity index is 505. The minimum absolute atomic E-state index is 0.461. The maximum atomic E-state index is 5.77. The molecule has 0 bridgehead atoms. The zero-order chi connectivity index (χ0) is 11.7. The number of rotatable bonds is 3. The van der Waals surface area contributed by atoms with Crippen LogP contribution in [-0.2, 0) is 6.54 Å². The molecule has 2 nitrogen and oxygen atoms in total. The second-order valence-corrected chi connectivity index (χ2v) is 5.82. The molecule has 1 N–H and O–H groups in total. The smallest absolute Gasteiger partial charge is 0.148 e. The van der Waals surface area contributed by atoms with Gasteiger partial charge in [-0.15, -0.1) is 0 Å². The van der Waals surface area contributed by atoms with Crippen molar-refractivity contribution in [3.8, 4) is 0 Å². The van der Waals surface area contributed by atoms with E-state index in [0.717, 1.165) is 32.2 Å². The van der Waals surface area contributed by atoms with Crippen LogP contribution in [0.25, 0.3) is 11.0 Å². The van der Waals surface area contributed by atoms with Crippen molar-refractivity contribution in [2.24, 2.45) is 0 Å². The second-order valence-electron chi connectivity index (χ2n) is 4.05. The van der Waals surface area contributed by atoms with Gasteiger partial charge in [-0.2, -0.15) is 0 Å². The highest BCUT2D eigenvalue weighted by atomic mass is 79.9. The largest absolute Gasteiger partial charge is 0.459 e. The van der Waals surface area contributed by atoms with Gasteiger partial charge in [0, 0.05) is 15.9 Å². The monoisotopic (exact) mass is 345 g/mol. The van der Waals surface area contributed by atoms with Crippen LogP contribution in [0.2, 0.25) is 0 Å². The third-order valence-electron chi connectivity index (χ3n) is 2.27. The van der Waals surface area contributed by atoms with Gasteiger partial charge in [-0.1, -0.05) is 29.8 Å². The molecule has 0 spiro atoms. The summed E-state index contributed by atoms with van der Waals surface area (Å²) in [6.07, 6.45) is 0. The fourth-order valence-electron chi connectivity index (χ4n) is 1.52. The zero-order valence-corrected chi connectivity index (χ0v) is 12.4. The molecule has 1 aromatic heterocycles. The van der Waals surface area contributed by atoms with E-state index >= 15 is 0 Å². The van der Waals surface area contributed by atoms with Gasteiger partial charge < -0.3 is 9.73 Å². The van der Waals surface area contributed by atoms with Gasteiger partial charge in [-0.25, -0.2) is 0 Å². The Kier molecular flexibility index (Phi) is 3.72. The van der Waals surface area contributed by atoms with Gasteiger partial charge in [-0.3, -0.25) is 0 Å². The van der Waals surface area contributed by atoms with Gasteiger partial charge in [0.05, 0.1) is 11.0 Å². The summed E-state index contributed by atoms with van der Waals surface area (Å²) in [5.41, 5.74) is 0.906. The SMILES string of the molecule is CC(C)NCc1cc2cc(Br)cc(Br)c2o1. The molecule has 0 aliphatic rings. The molecule has 0 amide bonds. The first-order valence-electron chi connectivity index (χ1n) is 5.17. The molecule has 0 aliphatic heterocycles. The van der Waals surface area contributed by atoms with Crippen LogP contribution in [-0.4, -0.2) is 6.04 Å². The summed E-state index contributed by atoms with van der Waals surface area (Å²) in [7, 11) is 0. The maximum absolute atomic E-state index is 5.77. The van der Waals surface area contributed by atoms with Crippen molar-refractivity contribution in [3.63, 3.8) is 0 Å². The Labute approximate surface area is 112 Å². The predicted molar refractivity (Wildman–Crippen MR) is 73.6 cm³/mol. The number of benzene rings is 1. The van der Waals surface area contributed by atoms with E-state index in [9.17, 15) is 0 Å². The number of fused-ring (bicyclic) bond motifs is 1. The van der Waals surface area contributed by atoms with Crippen LogP contribution in [0.3, 0.4) is 0 Å². The third kappa shape index (κ3) is 2.67. The van der Waals surface area contributed by atoms with Crippen molar-refractivity contribution in [3.05, 3.63) is 32.9 Å². The molecule has 2 aromatic rings. The average Bonchev–Trinajstić information content (AvgIpc) is 2.57. The van der Waals surface area contributed by atoms with E-state index in [2.05, 4.69) is 63.2 Å². The van der Waals surface area contributed by atoms with Crippen molar-refractivity contribution >= 4 is 42.8 Å². The molecule has 0 radical (unpaired) electrons. The second kappa shape index (κ2) is 4.90. The molecule has 0 saturated carbocycles. The number of hydrogen-bond donors (Lipinski definition) is 1. The number of furan rings is 1. The van der Waals surface area contributed by atoms with E-state index in [-0.39, 0.29) is 0 Å². The average molecular weight is 347 g/mol. The standard InChI is InChI=1S/C12H13Br2NO/c1-7(2)15-6-10-4-8-3-9(13)5-11(14)12(8)16-10/h3-5,7,15H,6H2,1-2H3. The van der Waals surface area contributed by atoms with Crippen LogP contribution in [0.15, 0.2) is 31.6 Å². The van der Waals surface area contributed by atoms with E-state index in [1.807, 2.05) is 6.07 Å². The molecule has 0 saturated heterocycles. The van der Waals surface area contributed by atoms with Crippen molar-refractivity contribution < 1.29 is 4.42 Å². The number of nitrogens with one attached hydrogen (secondary N) is 1. The van der Waals surface area contributed by atoms with Crippen molar-refractivity contribution in [2.45, 2.75) is 26.4 Å². The summed E-state index contributed by atoms with van der Waals surface area (Å²) in [5.74, 6) is 0.961. The minimum Gasteiger partial charge on any atom is -0.459 e. The molecule has 0 fully saturated rings. The van der Waals surface area contributed by atoms with Crippen molar-refractivity contribution in [1.29, 1.82) is 0 Å². The topological polar surface area (TPSA) is 25.2 Å². The van der Waals surface area contributed by atoms with E-state index in [4.69, 9.17) is 4.42 Å². The zero-order valence-electron chi connectivity index (χ0n) is 9.18. The fourth-order valence-corrected chi connectivity index (χ4v) is 2.86. The van der Waals surface area contributed by atoms with Crippen molar-refractivity contribution in [1.82, 2.24) is 5.32 Å². The summed E-state index contributed by atoms with van der Waals surface area (Å²) >= 11 is 6.96. The van der Waals surface area contributed by atoms with E-state index in [1.54, 1.807) is 0 Å². The summed E-state index contributed by atoms with van der Waals surface area (Å²) in [6.45, 7) is 5.00. The molecule has 16 heavy (non-hydrogen) atoms. The van der Waals surface area contributed by atoms with Gasteiger partial charge in [0.25, 0.3) is 0 Å². The molecule has 0 aliphatic carbocycles. The first-order valence-corrected chi connectivity index (χ1v) is 6.75. The highest BCUT2D eigenvalue weighted by Gasteiger charge is 2.08. The lowest BCUT2D eigenvalue weighted by molar-refractivity contribution is 0.487. The molecule has 1 aromatic carbocycles. The molecule has 86 valence electrons. The highest BCUT2D eigenvalue weighted by Crippen LogP contribution is 2.30. The summed E-state index contributed by atoms with van der Waals surface area (Å²) in [5, 5.41) is 4.45. The third-order valence-corrected chi connectivity index (χ3v) is 3.32. The lowest BCUT2D eigenvalue weighted by Gasteiger charge is -2.04. The van der Waals surface area contributed by atoms with E-state index in [1.165, 1.54) is 0 Å². The highest BCUT2D eigenvalue weighted by molar-refractivity contribution is 9.11.